The van der Waals surface area contributed by atoms with Crippen LogP contribution in [0.2, 0.25) is 0 Å². The van der Waals surface area contributed by atoms with Crippen LogP contribution in [0.25, 0.3) is 0 Å². The molecule has 1 saturated carbocycles. The molecule has 0 aliphatic heterocycles. The van der Waals surface area contributed by atoms with Crippen molar-refractivity contribution in [3.63, 3.8) is 0 Å². The van der Waals surface area contributed by atoms with Gasteiger partial charge in [0.1, 0.15) is 11.5 Å². The van der Waals surface area contributed by atoms with Crippen molar-refractivity contribution in [2.45, 2.75) is 32.2 Å². The summed E-state index contributed by atoms with van der Waals surface area (Å²) in [6.07, 6.45) is 2.93. The number of rotatable bonds is 6. The van der Waals surface area contributed by atoms with Crippen LogP contribution in [0.4, 0.5) is 11.4 Å². The van der Waals surface area contributed by atoms with E-state index < -0.39 is 0 Å². The number of aromatic nitrogens is 3. The average Bonchev–Trinajstić information content (AvgIpc) is 3.24. The molecule has 2 aromatic rings. The van der Waals surface area contributed by atoms with E-state index in [0.29, 0.717) is 29.5 Å². The van der Waals surface area contributed by atoms with Gasteiger partial charge < -0.3 is 9.88 Å². The van der Waals surface area contributed by atoms with Gasteiger partial charge in [0.25, 0.3) is 5.69 Å². The number of hydrogen-bond acceptors (Lipinski definition) is 5. The zero-order valence-corrected chi connectivity index (χ0v) is 13.0. The Kier molecular flexibility index (Phi) is 3.93. The lowest BCUT2D eigenvalue weighted by Gasteiger charge is -2.08. The van der Waals surface area contributed by atoms with E-state index in [2.05, 4.69) is 20.1 Å². The molecule has 1 aliphatic carbocycles. The third-order valence-corrected chi connectivity index (χ3v) is 3.99. The highest BCUT2D eigenvalue weighted by molar-refractivity contribution is 7.71. The third kappa shape index (κ3) is 3.01. The van der Waals surface area contributed by atoms with Crippen molar-refractivity contribution in [3.8, 4) is 0 Å². The minimum atomic E-state index is -0.365. The predicted molar refractivity (Wildman–Crippen MR) is 85.7 cm³/mol. The zero-order valence-electron chi connectivity index (χ0n) is 12.2. The summed E-state index contributed by atoms with van der Waals surface area (Å²) in [4.78, 5) is 10.7. The first-order valence-corrected chi connectivity index (χ1v) is 7.62. The summed E-state index contributed by atoms with van der Waals surface area (Å²) in [6, 6.07) is 5.64. The number of nitrogens with one attached hydrogen (secondary N) is 2. The number of benzene rings is 1. The second-order valence-electron chi connectivity index (χ2n) is 5.50. The molecule has 0 spiro atoms. The van der Waals surface area contributed by atoms with E-state index in [1.165, 1.54) is 0 Å². The highest BCUT2D eigenvalue weighted by Gasteiger charge is 2.27. The van der Waals surface area contributed by atoms with Gasteiger partial charge in [-0.1, -0.05) is 6.07 Å². The Morgan fingerprint density at radius 1 is 1.55 bits per heavy atom. The number of anilines is 1. The van der Waals surface area contributed by atoms with Crippen LogP contribution in [-0.4, -0.2) is 26.2 Å². The van der Waals surface area contributed by atoms with Crippen LogP contribution in [-0.2, 0) is 6.42 Å². The van der Waals surface area contributed by atoms with Crippen molar-refractivity contribution in [1.29, 1.82) is 0 Å². The summed E-state index contributed by atoms with van der Waals surface area (Å²) in [6.45, 7) is 2.40. The molecule has 1 aliphatic rings. The first-order chi connectivity index (χ1) is 10.6. The van der Waals surface area contributed by atoms with Gasteiger partial charge >= 0.3 is 0 Å². The second kappa shape index (κ2) is 5.88. The van der Waals surface area contributed by atoms with Crippen molar-refractivity contribution >= 4 is 23.6 Å². The Balaban J connectivity index is 1.69. The van der Waals surface area contributed by atoms with E-state index in [0.717, 1.165) is 24.2 Å². The summed E-state index contributed by atoms with van der Waals surface area (Å²) >= 11 is 5.24. The highest BCUT2D eigenvalue weighted by atomic mass is 32.1. The van der Waals surface area contributed by atoms with Crippen LogP contribution in [0.1, 0.15) is 30.3 Å². The second-order valence-corrected chi connectivity index (χ2v) is 5.89. The predicted octanol–water partition coefficient (Wildman–Crippen LogP) is 3.15. The number of H-pyrrole nitrogens is 1. The molecule has 0 saturated heterocycles. The lowest BCUT2D eigenvalue weighted by Crippen LogP contribution is -2.11. The highest BCUT2D eigenvalue weighted by Crippen LogP contribution is 2.35. The summed E-state index contributed by atoms with van der Waals surface area (Å²) < 4.78 is 2.71. The van der Waals surface area contributed by atoms with Crippen LogP contribution >= 0.6 is 12.2 Å². The van der Waals surface area contributed by atoms with Gasteiger partial charge in [-0.2, -0.15) is 5.10 Å². The van der Waals surface area contributed by atoms with E-state index in [-0.39, 0.29) is 10.6 Å². The molecule has 1 fully saturated rings. The molecular formula is C14H17N5O2S. The molecule has 22 heavy (non-hydrogen) atoms. The maximum Gasteiger partial charge on any atom is 0.292 e. The van der Waals surface area contributed by atoms with E-state index in [4.69, 9.17) is 12.2 Å². The lowest BCUT2D eigenvalue weighted by molar-refractivity contribution is -0.384. The molecule has 1 heterocycles. The van der Waals surface area contributed by atoms with Crippen molar-refractivity contribution in [2.75, 3.05) is 11.9 Å². The first kappa shape index (κ1) is 14.7. The van der Waals surface area contributed by atoms with Crippen LogP contribution in [0, 0.1) is 21.8 Å². The first-order valence-electron chi connectivity index (χ1n) is 7.21. The molecule has 0 atom stereocenters. The monoisotopic (exact) mass is 319 g/mol. The van der Waals surface area contributed by atoms with Gasteiger partial charge in [-0.25, -0.2) is 0 Å². The summed E-state index contributed by atoms with van der Waals surface area (Å²) in [7, 11) is 0. The molecule has 1 aromatic heterocycles. The standard InChI is InChI=1S/C14H17N5O2S/c1-9-2-5-11(12(8-9)19(20)21)15-7-6-13-16-17-14(22)18(13)10-3-4-10/h2,5,8,10,15H,3-4,6-7H2,1H3,(H,17,22). The minimum Gasteiger partial charge on any atom is -0.379 e. The maximum atomic E-state index is 11.1. The summed E-state index contributed by atoms with van der Waals surface area (Å²) in [5.74, 6) is 0.898. The van der Waals surface area contributed by atoms with E-state index >= 15 is 0 Å². The van der Waals surface area contributed by atoms with Crippen molar-refractivity contribution < 1.29 is 4.92 Å². The molecule has 0 bridgehead atoms. The van der Waals surface area contributed by atoms with Crippen molar-refractivity contribution in [2.24, 2.45) is 0 Å². The Labute approximate surface area is 132 Å². The molecule has 116 valence electrons. The number of nitrogens with zero attached hydrogens (tertiary/aromatic N) is 3. The number of nitro benzene ring substituents is 1. The van der Waals surface area contributed by atoms with Gasteiger partial charge in [0.15, 0.2) is 4.77 Å². The topological polar surface area (TPSA) is 88.8 Å². The van der Waals surface area contributed by atoms with E-state index in [1.807, 2.05) is 13.0 Å². The fraction of sp³-hybridized carbons (Fsp3) is 0.429. The van der Waals surface area contributed by atoms with Gasteiger partial charge in [0.2, 0.25) is 0 Å². The number of aromatic amines is 1. The molecular weight excluding hydrogens is 302 g/mol. The Hall–Kier alpha value is -2.22. The maximum absolute atomic E-state index is 11.1. The number of hydrogen-bond donors (Lipinski definition) is 2. The van der Waals surface area contributed by atoms with Crippen LogP contribution in [0.3, 0.4) is 0 Å². The average molecular weight is 319 g/mol. The quantitative estimate of drug-likeness (QED) is 0.485. The molecule has 3 rings (SSSR count). The van der Waals surface area contributed by atoms with Gasteiger partial charge in [-0.15, -0.1) is 0 Å². The van der Waals surface area contributed by atoms with Crippen molar-refractivity contribution in [3.05, 3.63) is 44.5 Å². The van der Waals surface area contributed by atoms with E-state index in [1.54, 1.807) is 12.1 Å². The molecule has 0 amide bonds. The normalized spacial score (nSPS) is 14.0. The number of nitro groups is 1. The zero-order chi connectivity index (χ0) is 15.7. The molecule has 0 unspecified atom stereocenters. The van der Waals surface area contributed by atoms with E-state index in [9.17, 15) is 10.1 Å². The van der Waals surface area contributed by atoms with Gasteiger partial charge in [0, 0.05) is 25.1 Å². The molecule has 0 radical (unpaired) electrons. The van der Waals surface area contributed by atoms with Gasteiger partial charge in [-0.3, -0.25) is 15.2 Å². The van der Waals surface area contributed by atoms with Gasteiger partial charge in [-0.05, 0) is 43.6 Å². The van der Waals surface area contributed by atoms with Crippen LogP contribution in [0.15, 0.2) is 18.2 Å². The summed E-state index contributed by atoms with van der Waals surface area (Å²) in [5, 5.41) is 21.3. The summed E-state index contributed by atoms with van der Waals surface area (Å²) in [5.41, 5.74) is 1.50. The molecule has 7 nitrogen and oxygen atoms in total. The molecule has 1 aromatic carbocycles. The van der Waals surface area contributed by atoms with Crippen LogP contribution in [0.5, 0.6) is 0 Å². The largest absolute Gasteiger partial charge is 0.379 e. The van der Waals surface area contributed by atoms with Crippen LogP contribution < -0.4 is 5.32 Å². The molecule has 8 heteroatoms. The smallest absolute Gasteiger partial charge is 0.292 e. The Morgan fingerprint density at radius 3 is 3.00 bits per heavy atom. The third-order valence-electron chi connectivity index (χ3n) is 3.70. The SMILES string of the molecule is Cc1ccc(NCCc2n[nH]c(=S)n2C2CC2)c([N+](=O)[O-])c1. The lowest BCUT2D eigenvalue weighted by atomic mass is 10.2. The number of aryl methyl sites for hydroxylation is 1. The Bertz CT molecular complexity index is 763. The molecule has 2 N–H and O–H groups in total. The van der Waals surface area contributed by atoms with Gasteiger partial charge in [0.05, 0.1) is 4.92 Å². The fourth-order valence-corrected chi connectivity index (χ4v) is 2.77. The minimum absolute atomic E-state index is 0.0982. The fourth-order valence-electron chi connectivity index (χ4n) is 2.47. The Morgan fingerprint density at radius 2 is 2.32 bits per heavy atom. The van der Waals surface area contributed by atoms with Crippen molar-refractivity contribution in [1.82, 2.24) is 14.8 Å².